The van der Waals surface area contributed by atoms with Gasteiger partial charge in [-0.25, -0.2) is 9.78 Å². The fourth-order valence-electron chi connectivity index (χ4n) is 3.32. The Balaban J connectivity index is 1.71. The Morgan fingerprint density at radius 3 is 2.74 bits per heavy atom. The first-order valence-electron chi connectivity index (χ1n) is 8.45. The molecule has 0 bridgehead atoms. The zero-order valence-electron chi connectivity index (χ0n) is 13.9. The summed E-state index contributed by atoms with van der Waals surface area (Å²) in [4.78, 5) is 18.9. The molecule has 0 aliphatic heterocycles. The number of benzene rings is 1. The SMILES string of the molecule is O=c1[nH]c2c(C(F)(F)F)cccc2c2nc(-c3cnn(C4CCC4)c3)nn12. The zero-order chi connectivity index (χ0) is 18.8. The third-order valence-electron chi connectivity index (χ3n) is 4.95. The summed E-state index contributed by atoms with van der Waals surface area (Å²) in [5, 5.41) is 8.65. The summed E-state index contributed by atoms with van der Waals surface area (Å²) in [5.41, 5.74) is -1.30. The number of fused-ring (bicyclic) bond motifs is 3. The lowest BCUT2D eigenvalue weighted by atomic mass is 9.93. The van der Waals surface area contributed by atoms with E-state index in [-0.39, 0.29) is 22.4 Å². The first kappa shape index (κ1) is 16.0. The Bertz CT molecular complexity index is 1230. The highest BCUT2D eigenvalue weighted by Gasteiger charge is 2.33. The molecule has 0 spiro atoms. The number of hydrogen-bond acceptors (Lipinski definition) is 4. The number of alkyl halides is 3. The van der Waals surface area contributed by atoms with Crippen LogP contribution in [-0.4, -0.2) is 29.4 Å². The van der Waals surface area contributed by atoms with E-state index in [0.717, 1.165) is 29.8 Å². The van der Waals surface area contributed by atoms with Crippen molar-refractivity contribution < 1.29 is 13.2 Å². The number of rotatable bonds is 2. The predicted molar refractivity (Wildman–Crippen MR) is 90.2 cm³/mol. The molecular formula is C17H13F3N6O. The van der Waals surface area contributed by atoms with E-state index in [4.69, 9.17) is 0 Å². The van der Waals surface area contributed by atoms with Crippen molar-refractivity contribution in [1.29, 1.82) is 0 Å². The number of H-pyrrole nitrogens is 1. The summed E-state index contributed by atoms with van der Waals surface area (Å²) in [5.74, 6) is 0.246. The largest absolute Gasteiger partial charge is 0.418 e. The maximum absolute atomic E-state index is 13.3. The molecule has 1 aliphatic carbocycles. The minimum atomic E-state index is -4.59. The molecule has 10 heteroatoms. The molecule has 1 N–H and O–H groups in total. The third kappa shape index (κ3) is 2.43. The van der Waals surface area contributed by atoms with Gasteiger partial charge in [-0.15, -0.1) is 5.10 Å². The van der Waals surface area contributed by atoms with E-state index in [2.05, 4.69) is 20.2 Å². The molecule has 1 saturated carbocycles. The second-order valence-electron chi connectivity index (χ2n) is 6.62. The summed E-state index contributed by atoms with van der Waals surface area (Å²) < 4.78 is 42.6. The summed E-state index contributed by atoms with van der Waals surface area (Å²) in [7, 11) is 0. The molecular weight excluding hydrogens is 361 g/mol. The van der Waals surface area contributed by atoms with E-state index in [1.165, 1.54) is 12.1 Å². The first-order valence-corrected chi connectivity index (χ1v) is 8.45. The molecule has 0 amide bonds. The van der Waals surface area contributed by atoms with Crippen LogP contribution in [0, 0.1) is 0 Å². The number of aromatic nitrogens is 6. The Morgan fingerprint density at radius 2 is 2.04 bits per heavy atom. The molecule has 4 aromatic rings. The van der Waals surface area contributed by atoms with Crippen LogP contribution in [0.4, 0.5) is 13.2 Å². The van der Waals surface area contributed by atoms with Gasteiger partial charge in [-0.05, 0) is 31.4 Å². The van der Waals surface area contributed by atoms with Crippen LogP contribution in [0.15, 0.2) is 35.4 Å². The number of nitrogens with one attached hydrogen (secondary N) is 1. The van der Waals surface area contributed by atoms with Crippen LogP contribution >= 0.6 is 0 Å². The Morgan fingerprint density at radius 1 is 1.22 bits per heavy atom. The van der Waals surface area contributed by atoms with Crippen LogP contribution in [0.1, 0.15) is 30.9 Å². The average Bonchev–Trinajstić information content (AvgIpc) is 3.19. The van der Waals surface area contributed by atoms with E-state index in [9.17, 15) is 18.0 Å². The van der Waals surface area contributed by atoms with Gasteiger partial charge < -0.3 is 4.98 Å². The molecule has 27 heavy (non-hydrogen) atoms. The lowest BCUT2D eigenvalue weighted by Crippen LogP contribution is -2.19. The van der Waals surface area contributed by atoms with Crippen molar-refractivity contribution in [2.45, 2.75) is 31.5 Å². The van der Waals surface area contributed by atoms with Crippen molar-refractivity contribution in [3.63, 3.8) is 0 Å². The van der Waals surface area contributed by atoms with Gasteiger partial charge in [0.15, 0.2) is 11.5 Å². The highest BCUT2D eigenvalue weighted by atomic mass is 19.4. The van der Waals surface area contributed by atoms with Gasteiger partial charge >= 0.3 is 11.9 Å². The predicted octanol–water partition coefficient (Wildman–Crippen LogP) is 3.18. The lowest BCUT2D eigenvalue weighted by Gasteiger charge is -2.25. The molecule has 3 heterocycles. The first-order chi connectivity index (χ1) is 12.9. The topological polar surface area (TPSA) is 80.9 Å². The molecule has 1 aliphatic rings. The highest BCUT2D eigenvalue weighted by Crippen LogP contribution is 2.35. The molecule has 5 rings (SSSR count). The summed E-state index contributed by atoms with van der Waals surface area (Å²) in [6, 6.07) is 4.04. The minimum Gasteiger partial charge on any atom is -0.305 e. The standard InChI is InChI=1S/C17H13F3N6O/c18-17(19,20)12-6-2-5-11-13(12)22-16(27)26-15(11)23-14(24-26)9-7-21-25(8-9)10-3-1-4-10/h2,5-8,10H,1,3-4H2,(H,22,27). The quantitative estimate of drug-likeness (QED) is 0.584. The maximum atomic E-state index is 13.3. The Labute approximate surface area is 149 Å². The van der Waals surface area contributed by atoms with Crippen LogP contribution in [0.5, 0.6) is 0 Å². The Hall–Kier alpha value is -3.17. The van der Waals surface area contributed by atoms with Crippen LogP contribution in [-0.2, 0) is 6.18 Å². The molecule has 1 aromatic carbocycles. The fourth-order valence-corrected chi connectivity index (χ4v) is 3.32. The zero-order valence-corrected chi connectivity index (χ0v) is 13.9. The smallest absolute Gasteiger partial charge is 0.305 e. The molecule has 7 nitrogen and oxygen atoms in total. The summed E-state index contributed by atoms with van der Waals surface area (Å²) in [6.45, 7) is 0. The van der Waals surface area contributed by atoms with E-state index in [1.54, 1.807) is 12.4 Å². The van der Waals surface area contributed by atoms with Gasteiger partial charge in [-0.2, -0.15) is 22.8 Å². The van der Waals surface area contributed by atoms with Crippen molar-refractivity contribution >= 4 is 16.6 Å². The van der Waals surface area contributed by atoms with Gasteiger partial charge in [0.2, 0.25) is 0 Å². The van der Waals surface area contributed by atoms with Crippen molar-refractivity contribution in [3.8, 4) is 11.4 Å². The molecule has 0 unspecified atom stereocenters. The summed E-state index contributed by atoms with van der Waals surface area (Å²) >= 11 is 0. The van der Waals surface area contributed by atoms with E-state index >= 15 is 0 Å². The molecule has 0 saturated heterocycles. The summed E-state index contributed by atoms with van der Waals surface area (Å²) in [6.07, 6.45) is 2.10. The number of nitrogens with zero attached hydrogens (tertiary/aromatic N) is 5. The second kappa shape index (κ2) is 5.41. The lowest BCUT2D eigenvalue weighted by molar-refractivity contribution is -0.136. The fraction of sp³-hybridized carbons (Fsp3) is 0.294. The number of hydrogen-bond donors (Lipinski definition) is 1. The van der Waals surface area contributed by atoms with Crippen LogP contribution in [0.25, 0.3) is 27.9 Å². The van der Waals surface area contributed by atoms with E-state index < -0.39 is 17.4 Å². The van der Waals surface area contributed by atoms with Crippen LogP contribution in [0.3, 0.4) is 0 Å². The molecule has 1 fully saturated rings. The molecule has 3 aromatic heterocycles. The number of aromatic amines is 1. The molecule has 138 valence electrons. The number of halogens is 3. The third-order valence-corrected chi connectivity index (χ3v) is 4.95. The maximum Gasteiger partial charge on any atom is 0.418 e. The minimum absolute atomic E-state index is 0.0752. The van der Waals surface area contributed by atoms with Crippen molar-refractivity contribution in [2.24, 2.45) is 0 Å². The molecule has 0 radical (unpaired) electrons. The van der Waals surface area contributed by atoms with E-state index in [1.807, 2.05) is 4.68 Å². The van der Waals surface area contributed by atoms with Gasteiger partial charge in [0.05, 0.1) is 28.9 Å². The van der Waals surface area contributed by atoms with Crippen molar-refractivity contribution in [3.05, 3.63) is 46.6 Å². The van der Waals surface area contributed by atoms with Gasteiger partial charge in [-0.1, -0.05) is 6.07 Å². The normalized spacial score (nSPS) is 15.5. The van der Waals surface area contributed by atoms with E-state index in [0.29, 0.717) is 11.6 Å². The number of para-hydroxylation sites is 1. The van der Waals surface area contributed by atoms with Gasteiger partial charge in [0.1, 0.15) is 0 Å². The Kier molecular flexibility index (Phi) is 3.22. The van der Waals surface area contributed by atoms with Crippen molar-refractivity contribution in [1.82, 2.24) is 29.4 Å². The second-order valence-corrected chi connectivity index (χ2v) is 6.62. The van der Waals surface area contributed by atoms with Gasteiger partial charge in [0, 0.05) is 11.6 Å². The highest BCUT2D eigenvalue weighted by molar-refractivity contribution is 5.93. The van der Waals surface area contributed by atoms with Gasteiger partial charge in [0.25, 0.3) is 0 Å². The molecule has 0 atom stereocenters. The monoisotopic (exact) mass is 374 g/mol. The van der Waals surface area contributed by atoms with Crippen LogP contribution < -0.4 is 5.69 Å². The van der Waals surface area contributed by atoms with Crippen LogP contribution in [0.2, 0.25) is 0 Å². The average molecular weight is 374 g/mol. The van der Waals surface area contributed by atoms with Crippen molar-refractivity contribution in [2.75, 3.05) is 0 Å². The van der Waals surface area contributed by atoms with Gasteiger partial charge in [-0.3, -0.25) is 4.68 Å².